The molecule has 2 rings (SSSR count). The number of aliphatic hydroxyl groups is 8. The molecule has 41 heavy (non-hydrogen) atoms. The molecule has 0 aromatic carbocycles. The van der Waals surface area contributed by atoms with Crippen molar-refractivity contribution < 1.29 is 71.9 Å². The number of hydrogen-bond donors (Lipinski definition) is 8. The first kappa shape index (κ1) is 36.7. The standard InChI is InChI=1S/C24H46O15S2/c1-3-5-7-40(33,34)12-15(13-41(35,36)8-6-4-2)11-37-22-19(28)21(30)24(32,17(10-26)39-22)23(31)14-38-16(9-25)18(27)20(23)29/h15-22,25-32H,3-14H2,1-2H3/t16-,17-,18+,19-,20+,21-,22+,23-,24+/m1/s1. The SMILES string of the molecule is CCCCS(=O)(=O)CC(CO[C@H]1O[C@H](CO)[C@@](O)([C@@]2(O)CO[C@H](CO)[C@H](O)[C@@H]2O)[C@H](O)[C@H]1O)CS(=O)(=O)CCCC. The molecule has 2 fully saturated rings. The predicted molar refractivity (Wildman–Crippen MR) is 143 cm³/mol. The second kappa shape index (κ2) is 15.0. The zero-order valence-corrected chi connectivity index (χ0v) is 25.0. The average Bonchev–Trinajstić information content (AvgIpc) is 2.91. The topological polar surface area (TPSA) is 258 Å². The first-order valence-electron chi connectivity index (χ1n) is 13.7. The second-order valence-corrected chi connectivity index (χ2v) is 15.4. The molecular weight excluding hydrogens is 592 g/mol. The molecule has 8 N–H and O–H groups in total. The van der Waals surface area contributed by atoms with Crippen molar-refractivity contribution in [2.24, 2.45) is 5.92 Å². The first-order chi connectivity index (χ1) is 19.0. The van der Waals surface area contributed by atoms with Crippen LogP contribution in [0.15, 0.2) is 0 Å². The number of aliphatic hydroxyl groups excluding tert-OH is 6. The second-order valence-electron chi connectivity index (χ2n) is 11.0. The van der Waals surface area contributed by atoms with E-state index in [9.17, 15) is 57.7 Å². The summed E-state index contributed by atoms with van der Waals surface area (Å²) in [6.45, 7) is 0.242. The summed E-state index contributed by atoms with van der Waals surface area (Å²) in [6, 6.07) is 0. The maximum atomic E-state index is 12.6. The van der Waals surface area contributed by atoms with Gasteiger partial charge in [0.15, 0.2) is 37.2 Å². The molecule has 0 spiro atoms. The minimum Gasteiger partial charge on any atom is -0.394 e. The molecule has 0 aromatic heterocycles. The fourth-order valence-corrected chi connectivity index (χ4v) is 9.01. The lowest BCUT2D eigenvalue weighted by Crippen LogP contribution is -2.82. The Morgan fingerprint density at radius 3 is 1.85 bits per heavy atom. The van der Waals surface area contributed by atoms with Crippen LogP contribution in [0.5, 0.6) is 0 Å². The van der Waals surface area contributed by atoms with Gasteiger partial charge >= 0.3 is 0 Å². The van der Waals surface area contributed by atoms with Crippen LogP contribution in [0.1, 0.15) is 39.5 Å². The van der Waals surface area contributed by atoms with Gasteiger partial charge in [-0.15, -0.1) is 0 Å². The average molecular weight is 639 g/mol. The van der Waals surface area contributed by atoms with Gasteiger partial charge in [0.1, 0.15) is 36.6 Å². The van der Waals surface area contributed by atoms with Crippen LogP contribution in [-0.2, 0) is 33.9 Å². The smallest absolute Gasteiger partial charge is 0.186 e. The van der Waals surface area contributed by atoms with Gasteiger partial charge in [0.25, 0.3) is 0 Å². The monoisotopic (exact) mass is 638 g/mol. The maximum absolute atomic E-state index is 12.6. The highest BCUT2D eigenvalue weighted by atomic mass is 32.2. The van der Waals surface area contributed by atoms with E-state index in [-0.39, 0.29) is 11.5 Å². The molecule has 9 atom stereocenters. The molecule has 2 heterocycles. The highest BCUT2D eigenvalue weighted by Gasteiger charge is 2.70. The van der Waals surface area contributed by atoms with Crippen LogP contribution in [0, 0.1) is 5.92 Å². The molecule has 0 unspecified atom stereocenters. The molecule has 2 saturated heterocycles. The molecule has 0 radical (unpaired) electrons. The normalized spacial score (nSPS) is 37.0. The van der Waals surface area contributed by atoms with E-state index < -0.39 is 118 Å². The van der Waals surface area contributed by atoms with Gasteiger partial charge in [0.2, 0.25) is 0 Å². The molecule has 0 saturated carbocycles. The van der Waals surface area contributed by atoms with Crippen molar-refractivity contribution in [2.75, 3.05) is 49.4 Å². The third kappa shape index (κ3) is 8.34. The van der Waals surface area contributed by atoms with Gasteiger partial charge in [-0.3, -0.25) is 0 Å². The van der Waals surface area contributed by atoms with Crippen molar-refractivity contribution in [3.63, 3.8) is 0 Å². The first-order valence-corrected chi connectivity index (χ1v) is 17.4. The summed E-state index contributed by atoms with van der Waals surface area (Å²) in [4.78, 5) is 0. The summed E-state index contributed by atoms with van der Waals surface area (Å²) in [5.74, 6) is -2.48. The Morgan fingerprint density at radius 1 is 0.854 bits per heavy atom. The molecule has 0 bridgehead atoms. The van der Waals surface area contributed by atoms with Gasteiger partial charge in [0.05, 0.1) is 49.4 Å². The summed E-state index contributed by atoms with van der Waals surface area (Å²) in [5, 5.41) is 84.4. The van der Waals surface area contributed by atoms with E-state index >= 15 is 0 Å². The summed E-state index contributed by atoms with van der Waals surface area (Å²) in [5.41, 5.74) is -5.96. The van der Waals surface area contributed by atoms with E-state index in [1.807, 2.05) is 0 Å². The lowest BCUT2D eigenvalue weighted by Gasteiger charge is -2.58. The van der Waals surface area contributed by atoms with Gasteiger partial charge in [0, 0.05) is 5.92 Å². The van der Waals surface area contributed by atoms with Crippen molar-refractivity contribution in [3.8, 4) is 0 Å². The minimum absolute atomic E-state index is 0.165. The third-order valence-corrected chi connectivity index (χ3v) is 11.5. The van der Waals surface area contributed by atoms with E-state index in [2.05, 4.69) is 0 Å². The van der Waals surface area contributed by atoms with Gasteiger partial charge in [-0.1, -0.05) is 26.7 Å². The lowest BCUT2D eigenvalue weighted by molar-refractivity contribution is -0.392. The van der Waals surface area contributed by atoms with E-state index in [4.69, 9.17) is 14.2 Å². The van der Waals surface area contributed by atoms with Gasteiger partial charge < -0.3 is 55.1 Å². The molecule has 244 valence electrons. The van der Waals surface area contributed by atoms with Gasteiger partial charge in [-0.25, -0.2) is 16.8 Å². The number of unbranched alkanes of at least 4 members (excludes halogenated alkanes) is 2. The Kier molecular flexibility index (Phi) is 13.4. The van der Waals surface area contributed by atoms with Crippen LogP contribution >= 0.6 is 0 Å². The fourth-order valence-electron chi connectivity index (χ4n) is 5.21. The van der Waals surface area contributed by atoms with Crippen LogP contribution in [-0.4, -0.2) is 161 Å². The highest BCUT2D eigenvalue weighted by Crippen LogP contribution is 2.43. The molecule has 17 heteroatoms. The number of ether oxygens (including phenoxy) is 3. The zero-order chi connectivity index (χ0) is 31.2. The van der Waals surface area contributed by atoms with Gasteiger partial charge in [-0.05, 0) is 12.8 Å². The quantitative estimate of drug-likeness (QED) is 0.0803. The van der Waals surface area contributed by atoms with Crippen LogP contribution in [0.25, 0.3) is 0 Å². The molecule has 15 nitrogen and oxygen atoms in total. The van der Waals surface area contributed by atoms with Crippen LogP contribution < -0.4 is 0 Å². The summed E-state index contributed by atoms with van der Waals surface area (Å²) in [6.07, 6.45) is -11.9. The van der Waals surface area contributed by atoms with E-state index in [1.54, 1.807) is 13.8 Å². The molecule has 2 aliphatic rings. The minimum atomic E-state index is -3.68. The molecule has 0 aromatic rings. The van der Waals surface area contributed by atoms with Crippen LogP contribution in [0.4, 0.5) is 0 Å². The van der Waals surface area contributed by atoms with Crippen molar-refractivity contribution in [1.29, 1.82) is 0 Å². The molecule has 0 aliphatic carbocycles. The highest BCUT2D eigenvalue weighted by molar-refractivity contribution is 7.92. The van der Waals surface area contributed by atoms with Crippen molar-refractivity contribution in [1.82, 2.24) is 0 Å². The van der Waals surface area contributed by atoms with Crippen molar-refractivity contribution >= 4 is 19.7 Å². The molecule has 2 aliphatic heterocycles. The van der Waals surface area contributed by atoms with Crippen LogP contribution in [0.2, 0.25) is 0 Å². The predicted octanol–water partition coefficient (Wildman–Crippen LogP) is -3.94. The summed E-state index contributed by atoms with van der Waals surface area (Å²) < 4.78 is 66.6. The summed E-state index contributed by atoms with van der Waals surface area (Å²) >= 11 is 0. The Hall–Kier alpha value is -0.540. The Morgan fingerprint density at radius 2 is 1.39 bits per heavy atom. The van der Waals surface area contributed by atoms with E-state index in [0.717, 1.165) is 0 Å². The Balaban J connectivity index is 2.27. The van der Waals surface area contributed by atoms with E-state index in [1.165, 1.54) is 0 Å². The summed E-state index contributed by atoms with van der Waals surface area (Å²) in [7, 11) is -7.36. The molecule has 0 amide bonds. The van der Waals surface area contributed by atoms with Crippen molar-refractivity contribution in [3.05, 3.63) is 0 Å². The third-order valence-electron chi connectivity index (χ3n) is 7.69. The number of sulfone groups is 2. The Bertz CT molecular complexity index is 980. The van der Waals surface area contributed by atoms with Crippen LogP contribution in [0.3, 0.4) is 0 Å². The van der Waals surface area contributed by atoms with Crippen molar-refractivity contribution in [2.45, 2.75) is 93.6 Å². The largest absolute Gasteiger partial charge is 0.394 e. The fraction of sp³-hybridized carbons (Fsp3) is 1.00. The lowest BCUT2D eigenvalue weighted by atomic mass is 9.67. The number of rotatable bonds is 16. The Labute approximate surface area is 240 Å². The zero-order valence-electron chi connectivity index (χ0n) is 23.4. The van der Waals surface area contributed by atoms with Gasteiger partial charge in [-0.2, -0.15) is 0 Å². The maximum Gasteiger partial charge on any atom is 0.186 e. The van der Waals surface area contributed by atoms with E-state index in [0.29, 0.717) is 25.7 Å². The molecular formula is C24H46O15S2. The number of hydrogen-bond acceptors (Lipinski definition) is 15.